The molecule has 0 radical (unpaired) electrons. The van der Waals surface area contributed by atoms with Crippen LogP contribution in [0.2, 0.25) is 0 Å². The summed E-state index contributed by atoms with van der Waals surface area (Å²) in [4.78, 5) is 15.2. The Kier molecular flexibility index (Phi) is 7.50. The highest BCUT2D eigenvalue weighted by atomic mass is 32.2. The van der Waals surface area contributed by atoms with Crippen LogP contribution >= 0.6 is 0 Å². The normalized spacial score (nSPS) is 15.1. The molecule has 7 heteroatoms. The summed E-state index contributed by atoms with van der Waals surface area (Å²) >= 11 is 0. The van der Waals surface area contributed by atoms with E-state index in [2.05, 4.69) is 10.2 Å². The van der Waals surface area contributed by atoms with Gasteiger partial charge < -0.3 is 10.2 Å². The molecule has 0 spiro atoms. The third-order valence-electron chi connectivity index (χ3n) is 5.56. The van der Waals surface area contributed by atoms with E-state index in [1.165, 1.54) is 47.8 Å². The quantitative estimate of drug-likeness (QED) is 0.710. The first kappa shape index (κ1) is 22.3. The molecule has 0 bridgehead atoms. The maximum absolute atomic E-state index is 12.6. The van der Waals surface area contributed by atoms with Crippen LogP contribution in [0.5, 0.6) is 0 Å². The van der Waals surface area contributed by atoms with Crippen LogP contribution in [0.15, 0.2) is 53.4 Å². The van der Waals surface area contributed by atoms with E-state index < -0.39 is 10.0 Å². The number of hydrogen-bond donors (Lipinski definition) is 1. The van der Waals surface area contributed by atoms with Gasteiger partial charge in [-0.2, -0.15) is 4.31 Å². The van der Waals surface area contributed by atoms with Crippen molar-refractivity contribution >= 4 is 27.3 Å². The summed E-state index contributed by atoms with van der Waals surface area (Å²) in [6.45, 7) is 6.59. The van der Waals surface area contributed by atoms with Gasteiger partial charge in [-0.05, 0) is 61.4 Å². The molecule has 2 aromatic rings. The predicted molar refractivity (Wildman–Crippen MR) is 122 cm³/mol. The van der Waals surface area contributed by atoms with Crippen molar-refractivity contribution in [3.8, 4) is 0 Å². The van der Waals surface area contributed by atoms with E-state index in [-0.39, 0.29) is 10.8 Å². The fourth-order valence-electron chi connectivity index (χ4n) is 3.78. The van der Waals surface area contributed by atoms with Gasteiger partial charge in [-0.3, -0.25) is 4.79 Å². The summed E-state index contributed by atoms with van der Waals surface area (Å²) in [5, 5.41) is 2.89. The molecule has 0 unspecified atom stereocenters. The first-order chi connectivity index (χ1) is 14.5. The molecule has 3 rings (SSSR count). The first-order valence-corrected chi connectivity index (χ1v) is 12.2. The second-order valence-electron chi connectivity index (χ2n) is 7.52. The van der Waals surface area contributed by atoms with Gasteiger partial charge >= 0.3 is 0 Å². The zero-order chi connectivity index (χ0) is 21.6. The van der Waals surface area contributed by atoms with Crippen molar-refractivity contribution < 1.29 is 13.2 Å². The summed E-state index contributed by atoms with van der Waals surface area (Å²) < 4.78 is 26.5. The summed E-state index contributed by atoms with van der Waals surface area (Å²) in [6.07, 6.45) is 5.02. The summed E-state index contributed by atoms with van der Waals surface area (Å²) in [5.74, 6) is -0.260. The zero-order valence-corrected chi connectivity index (χ0v) is 18.6. The van der Waals surface area contributed by atoms with Gasteiger partial charge in [-0.1, -0.05) is 26.7 Å². The summed E-state index contributed by atoms with van der Waals surface area (Å²) in [6, 6.07) is 14.0. The van der Waals surface area contributed by atoms with Gasteiger partial charge in [-0.25, -0.2) is 8.42 Å². The van der Waals surface area contributed by atoms with Crippen molar-refractivity contribution in [2.75, 3.05) is 36.4 Å². The second kappa shape index (κ2) is 10.1. The van der Waals surface area contributed by atoms with Crippen molar-refractivity contribution in [2.24, 2.45) is 0 Å². The lowest BCUT2D eigenvalue weighted by atomic mass is 10.2. The predicted octanol–water partition coefficient (Wildman–Crippen LogP) is 4.35. The topological polar surface area (TPSA) is 69.7 Å². The van der Waals surface area contributed by atoms with E-state index in [0.717, 1.165) is 18.8 Å². The Morgan fingerprint density at radius 2 is 1.47 bits per heavy atom. The van der Waals surface area contributed by atoms with Crippen LogP contribution in [0.3, 0.4) is 0 Å². The van der Waals surface area contributed by atoms with E-state index in [4.69, 9.17) is 0 Å². The molecule has 0 saturated carbocycles. The molecule has 1 heterocycles. The third kappa shape index (κ3) is 5.21. The fraction of sp³-hybridized carbons (Fsp3) is 0.435. The lowest BCUT2D eigenvalue weighted by Gasteiger charge is -2.22. The molecule has 1 aliphatic rings. The van der Waals surface area contributed by atoms with Crippen LogP contribution in [0.1, 0.15) is 49.9 Å². The molecule has 0 aromatic heterocycles. The van der Waals surface area contributed by atoms with Crippen molar-refractivity contribution in [3.63, 3.8) is 0 Å². The molecule has 1 amide bonds. The molecule has 0 atom stereocenters. The number of anilines is 2. The minimum absolute atomic E-state index is 0.199. The smallest absolute Gasteiger partial charge is 0.255 e. The number of carbonyl (C=O) groups is 1. The van der Waals surface area contributed by atoms with Crippen molar-refractivity contribution in [2.45, 2.75) is 44.4 Å². The average Bonchev–Trinajstić information content (AvgIpc) is 3.05. The van der Waals surface area contributed by atoms with Crippen LogP contribution in [-0.4, -0.2) is 44.8 Å². The Hall–Kier alpha value is -2.38. The molecule has 1 N–H and O–H groups in total. The number of carbonyl (C=O) groups excluding carboxylic acids is 1. The Labute approximate surface area is 179 Å². The summed E-state index contributed by atoms with van der Waals surface area (Å²) in [5.41, 5.74) is 2.32. The van der Waals surface area contributed by atoms with Crippen molar-refractivity contribution in [1.29, 1.82) is 0 Å². The average molecular weight is 430 g/mol. The zero-order valence-electron chi connectivity index (χ0n) is 17.8. The Balaban J connectivity index is 1.66. The molecular formula is C23H31N3O3S. The monoisotopic (exact) mass is 429 g/mol. The molecule has 0 aliphatic carbocycles. The van der Waals surface area contributed by atoms with Crippen LogP contribution in [-0.2, 0) is 10.0 Å². The minimum Gasteiger partial charge on any atom is -0.372 e. The molecule has 1 fully saturated rings. The fourth-order valence-corrected chi connectivity index (χ4v) is 5.24. The van der Waals surface area contributed by atoms with E-state index in [9.17, 15) is 13.2 Å². The standard InChI is InChI=1S/C23H31N3O3S/c1-3-26(4-2)30(28,29)22-15-9-19(10-16-22)23(27)24-20-11-13-21(14-12-20)25-17-7-5-6-8-18-25/h9-16H,3-8,17-18H2,1-2H3,(H,24,27). The van der Waals surface area contributed by atoms with E-state index in [0.29, 0.717) is 18.7 Å². The minimum atomic E-state index is -3.52. The molecule has 1 saturated heterocycles. The Morgan fingerprint density at radius 3 is 2.00 bits per heavy atom. The SMILES string of the molecule is CCN(CC)S(=O)(=O)c1ccc(C(=O)Nc2ccc(N3CCCCCC3)cc2)cc1. The van der Waals surface area contributed by atoms with Gasteiger partial charge in [0.15, 0.2) is 0 Å². The van der Waals surface area contributed by atoms with Crippen LogP contribution in [0.4, 0.5) is 11.4 Å². The molecule has 2 aromatic carbocycles. The molecule has 6 nitrogen and oxygen atoms in total. The van der Waals surface area contributed by atoms with Gasteiger partial charge in [0.2, 0.25) is 10.0 Å². The van der Waals surface area contributed by atoms with E-state index in [1.807, 2.05) is 24.3 Å². The van der Waals surface area contributed by atoms with E-state index in [1.54, 1.807) is 26.0 Å². The largest absolute Gasteiger partial charge is 0.372 e. The van der Waals surface area contributed by atoms with Crippen LogP contribution in [0, 0.1) is 0 Å². The van der Waals surface area contributed by atoms with Crippen molar-refractivity contribution in [1.82, 2.24) is 4.31 Å². The van der Waals surface area contributed by atoms with Gasteiger partial charge in [0.25, 0.3) is 5.91 Å². The molecule has 162 valence electrons. The number of rotatable bonds is 7. The molecule has 1 aliphatic heterocycles. The van der Waals surface area contributed by atoms with Crippen LogP contribution < -0.4 is 10.2 Å². The van der Waals surface area contributed by atoms with Crippen LogP contribution in [0.25, 0.3) is 0 Å². The number of nitrogens with one attached hydrogen (secondary N) is 1. The highest BCUT2D eigenvalue weighted by molar-refractivity contribution is 7.89. The van der Waals surface area contributed by atoms with Gasteiger partial charge in [0.1, 0.15) is 0 Å². The maximum atomic E-state index is 12.6. The first-order valence-electron chi connectivity index (χ1n) is 10.7. The third-order valence-corrected chi connectivity index (χ3v) is 7.62. The van der Waals surface area contributed by atoms with Gasteiger partial charge in [0.05, 0.1) is 4.90 Å². The Morgan fingerprint density at radius 1 is 0.900 bits per heavy atom. The number of sulfonamides is 1. The lowest BCUT2D eigenvalue weighted by Crippen LogP contribution is -2.30. The molecule has 30 heavy (non-hydrogen) atoms. The highest BCUT2D eigenvalue weighted by Gasteiger charge is 2.21. The second-order valence-corrected chi connectivity index (χ2v) is 9.45. The number of benzene rings is 2. The van der Waals surface area contributed by atoms with Gasteiger partial charge in [-0.15, -0.1) is 0 Å². The summed E-state index contributed by atoms with van der Waals surface area (Å²) in [7, 11) is -3.52. The maximum Gasteiger partial charge on any atom is 0.255 e. The molecular weight excluding hydrogens is 398 g/mol. The number of nitrogens with zero attached hydrogens (tertiary/aromatic N) is 2. The van der Waals surface area contributed by atoms with Gasteiger partial charge in [0, 0.05) is 43.1 Å². The highest BCUT2D eigenvalue weighted by Crippen LogP contribution is 2.22. The Bertz CT molecular complexity index is 929. The number of amides is 1. The van der Waals surface area contributed by atoms with Crippen molar-refractivity contribution in [3.05, 3.63) is 54.1 Å². The lowest BCUT2D eigenvalue weighted by molar-refractivity contribution is 0.102. The number of hydrogen-bond acceptors (Lipinski definition) is 4. The van der Waals surface area contributed by atoms with E-state index >= 15 is 0 Å².